The second-order valence-corrected chi connectivity index (χ2v) is 2.80. The summed E-state index contributed by atoms with van der Waals surface area (Å²) in [6, 6.07) is 0.253. The van der Waals surface area contributed by atoms with Gasteiger partial charge in [0.2, 0.25) is 0 Å². The van der Waals surface area contributed by atoms with Gasteiger partial charge in [0.15, 0.2) is 0 Å². The number of nitrogens with zero attached hydrogens (tertiary/aromatic N) is 2. The van der Waals surface area contributed by atoms with Gasteiger partial charge in [0, 0.05) is 25.0 Å². The predicted molar refractivity (Wildman–Crippen MR) is 45.2 cm³/mol. The Kier molecular flexibility index (Phi) is 2.65. The first-order chi connectivity index (χ1) is 5.24. The van der Waals surface area contributed by atoms with Crippen LogP contribution >= 0.6 is 0 Å². The Balaban J connectivity index is 2.56. The van der Waals surface area contributed by atoms with Crippen LogP contribution in [0.4, 0.5) is 0 Å². The van der Waals surface area contributed by atoms with Crippen LogP contribution in [0, 0.1) is 6.92 Å². The zero-order valence-corrected chi connectivity index (χ0v) is 7.12. The molecule has 1 heterocycles. The first-order valence-electron chi connectivity index (χ1n) is 3.97. The third-order valence-electron chi connectivity index (χ3n) is 1.88. The molecule has 62 valence electrons. The maximum atomic E-state index is 5.78. The van der Waals surface area contributed by atoms with Crippen LogP contribution in [-0.4, -0.2) is 15.6 Å². The molecule has 1 atom stereocenters. The first-order valence-corrected chi connectivity index (χ1v) is 3.97. The van der Waals surface area contributed by atoms with Gasteiger partial charge in [0.05, 0.1) is 0 Å². The zero-order chi connectivity index (χ0) is 8.27. The molecular formula is C8H15N3. The molecule has 0 bridgehead atoms. The second-order valence-electron chi connectivity index (χ2n) is 2.80. The van der Waals surface area contributed by atoms with Gasteiger partial charge in [-0.25, -0.2) is 4.98 Å². The lowest BCUT2D eigenvalue weighted by molar-refractivity contribution is 0.530. The molecule has 1 aromatic heterocycles. The Morgan fingerprint density at radius 3 is 2.91 bits per heavy atom. The van der Waals surface area contributed by atoms with Gasteiger partial charge in [0.25, 0.3) is 0 Å². The molecule has 3 nitrogen and oxygen atoms in total. The van der Waals surface area contributed by atoms with Crippen LogP contribution in [0.25, 0.3) is 0 Å². The van der Waals surface area contributed by atoms with Crippen LogP contribution in [-0.2, 0) is 6.54 Å². The average Bonchev–Trinajstić information content (AvgIpc) is 2.37. The van der Waals surface area contributed by atoms with E-state index < -0.39 is 0 Å². The Morgan fingerprint density at radius 2 is 2.45 bits per heavy atom. The summed E-state index contributed by atoms with van der Waals surface area (Å²) in [6.45, 7) is 4.96. The van der Waals surface area contributed by atoms with Crippen LogP contribution in [0.5, 0.6) is 0 Å². The van der Waals surface area contributed by atoms with Gasteiger partial charge in [-0.2, -0.15) is 0 Å². The molecule has 0 aliphatic heterocycles. The third-order valence-corrected chi connectivity index (χ3v) is 1.88. The van der Waals surface area contributed by atoms with Crippen molar-refractivity contribution in [1.82, 2.24) is 9.55 Å². The Hall–Kier alpha value is -0.830. The molecule has 11 heavy (non-hydrogen) atoms. The molecular weight excluding hydrogens is 138 g/mol. The number of hydrogen-bond donors (Lipinski definition) is 1. The van der Waals surface area contributed by atoms with Gasteiger partial charge in [-0.05, 0) is 13.3 Å². The van der Waals surface area contributed by atoms with Gasteiger partial charge < -0.3 is 10.3 Å². The van der Waals surface area contributed by atoms with Crippen molar-refractivity contribution < 1.29 is 0 Å². The molecule has 0 aromatic carbocycles. The molecule has 0 amide bonds. The van der Waals surface area contributed by atoms with E-state index >= 15 is 0 Å². The minimum Gasteiger partial charge on any atom is -0.334 e. The largest absolute Gasteiger partial charge is 0.334 e. The van der Waals surface area contributed by atoms with Crippen LogP contribution in [0.1, 0.15) is 19.2 Å². The summed E-state index contributed by atoms with van der Waals surface area (Å²) >= 11 is 0. The van der Waals surface area contributed by atoms with E-state index in [9.17, 15) is 0 Å². The predicted octanol–water partition coefficient (Wildman–Crippen LogP) is 0.929. The summed E-state index contributed by atoms with van der Waals surface area (Å²) in [7, 11) is 0. The second kappa shape index (κ2) is 3.53. The molecule has 3 heteroatoms. The van der Waals surface area contributed by atoms with Crippen LogP contribution in [0.3, 0.4) is 0 Å². The lowest BCUT2D eigenvalue weighted by Gasteiger charge is -2.10. The highest BCUT2D eigenvalue weighted by molar-refractivity contribution is 4.89. The normalized spacial score (nSPS) is 13.4. The van der Waals surface area contributed by atoms with Crippen molar-refractivity contribution in [3.05, 3.63) is 18.2 Å². The van der Waals surface area contributed by atoms with Crippen molar-refractivity contribution in [3.63, 3.8) is 0 Å². The number of rotatable bonds is 3. The molecule has 0 saturated heterocycles. The molecule has 0 saturated carbocycles. The maximum absolute atomic E-state index is 5.78. The molecule has 0 radical (unpaired) electrons. The lowest BCUT2D eigenvalue weighted by atomic mass is 10.2. The van der Waals surface area contributed by atoms with E-state index in [1.807, 2.05) is 13.1 Å². The van der Waals surface area contributed by atoms with E-state index in [0.717, 1.165) is 18.8 Å². The van der Waals surface area contributed by atoms with E-state index in [0.29, 0.717) is 0 Å². The van der Waals surface area contributed by atoms with E-state index in [1.165, 1.54) is 0 Å². The molecule has 0 aliphatic rings. The van der Waals surface area contributed by atoms with Crippen LogP contribution < -0.4 is 5.73 Å². The quantitative estimate of drug-likeness (QED) is 0.702. The fourth-order valence-electron chi connectivity index (χ4n) is 0.978. The molecule has 2 N–H and O–H groups in total. The van der Waals surface area contributed by atoms with E-state index in [2.05, 4.69) is 16.5 Å². The molecule has 1 rings (SSSR count). The standard InChI is InChI=1S/C8H15N3/c1-3-8(9)6-11-5-4-10-7(11)2/h4-5,8H,3,6,9H2,1-2H3. The number of aryl methyl sites for hydroxylation is 1. The van der Waals surface area contributed by atoms with Crippen LogP contribution in [0.2, 0.25) is 0 Å². The lowest BCUT2D eigenvalue weighted by Crippen LogP contribution is -2.25. The smallest absolute Gasteiger partial charge is 0.105 e. The zero-order valence-electron chi connectivity index (χ0n) is 7.12. The monoisotopic (exact) mass is 153 g/mol. The van der Waals surface area contributed by atoms with Crippen molar-refractivity contribution >= 4 is 0 Å². The van der Waals surface area contributed by atoms with E-state index in [4.69, 9.17) is 5.73 Å². The Morgan fingerprint density at radius 1 is 1.73 bits per heavy atom. The maximum Gasteiger partial charge on any atom is 0.105 e. The van der Waals surface area contributed by atoms with Gasteiger partial charge >= 0.3 is 0 Å². The van der Waals surface area contributed by atoms with Crippen molar-refractivity contribution in [1.29, 1.82) is 0 Å². The summed E-state index contributed by atoms with van der Waals surface area (Å²) in [4.78, 5) is 4.11. The minimum atomic E-state index is 0.253. The molecule has 1 aromatic rings. The van der Waals surface area contributed by atoms with Crippen molar-refractivity contribution in [2.24, 2.45) is 5.73 Å². The number of imidazole rings is 1. The Bertz CT molecular complexity index is 217. The minimum absolute atomic E-state index is 0.253. The van der Waals surface area contributed by atoms with Crippen LogP contribution in [0.15, 0.2) is 12.4 Å². The average molecular weight is 153 g/mol. The topological polar surface area (TPSA) is 43.8 Å². The summed E-state index contributed by atoms with van der Waals surface area (Å²) < 4.78 is 2.08. The first kappa shape index (κ1) is 8.27. The van der Waals surface area contributed by atoms with E-state index in [1.54, 1.807) is 6.20 Å². The molecule has 0 fully saturated rings. The summed E-state index contributed by atoms with van der Waals surface area (Å²) in [5.74, 6) is 1.04. The fourth-order valence-corrected chi connectivity index (χ4v) is 0.978. The van der Waals surface area contributed by atoms with Crippen molar-refractivity contribution in [2.45, 2.75) is 32.9 Å². The van der Waals surface area contributed by atoms with E-state index in [-0.39, 0.29) is 6.04 Å². The highest BCUT2D eigenvalue weighted by Gasteiger charge is 2.01. The van der Waals surface area contributed by atoms with Gasteiger partial charge in [-0.1, -0.05) is 6.92 Å². The fraction of sp³-hybridized carbons (Fsp3) is 0.625. The highest BCUT2D eigenvalue weighted by Crippen LogP contribution is 1.98. The van der Waals surface area contributed by atoms with Crippen molar-refractivity contribution in [3.8, 4) is 0 Å². The number of nitrogens with two attached hydrogens (primary N) is 1. The number of aromatic nitrogens is 2. The SMILES string of the molecule is CCC(N)Cn1ccnc1C. The Labute approximate surface area is 67.2 Å². The number of hydrogen-bond acceptors (Lipinski definition) is 2. The highest BCUT2D eigenvalue weighted by atomic mass is 15.1. The summed E-state index contributed by atoms with van der Waals surface area (Å²) in [5, 5.41) is 0. The summed E-state index contributed by atoms with van der Waals surface area (Å²) in [5.41, 5.74) is 5.78. The van der Waals surface area contributed by atoms with Gasteiger partial charge in [0.1, 0.15) is 5.82 Å². The molecule has 0 spiro atoms. The van der Waals surface area contributed by atoms with Crippen molar-refractivity contribution in [2.75, 3.05) is 0 Å². The van der Waals surface area contributed by atoms with Gasteiger partial charge in [-0.15, -0.1) is 0 Å². The van der Waals surface area contributed by atoms with Gasteiger partial charge in [-0.3, -0.25) is 0 Å². The molecule has 0 aliphatic carbocycles. The molecule has 1 unspecified atom stereocenters. The third kappa shape index (κ3) is 2.05. The summed E-state index contributed by atoms with van der Waals surface area (Å²) in [6.07, 6.45) is 4.78.